The second kappa shape index (κ2) is 7.50. The SMILES string of the molecule is O=C(O)[C@@H]1CN(C(=O)CCN2C(=O)c3ccccc3C2=O)C[C@@H]1c1ccccc1. The second-order valence-corrected chi connectivity index (χ2v) is 7.32. The molecule has 0 saturated carbocycles. The lowest BCUT2D eigenvalue weighted by Gasteiger charge is -2.19. The number of carboxylic acids is 1. The third-order valence-corrected chi connectivity index (χ3v) is 5.64. The first-order chi connectivity index (χ1) is 14.0. The zero-order chi connectivity index (χ0) is 20.5. The van der Waals surface area contributed by atoms with Gasteiger partial charge in [-0.1, -0.05) is 42.5 Å². The summed E-state index contributed by atoms with van der Waals surface area (Å²) in [5, 5.41) is 9.58. The van der Waals surface area contributed by atoms with E-state index >= 15 is 0 Å². The number of aliphatic carboxylic acids is 1. The van der Waals surface area contributed by atoms with Crippen LogP contribution in [0.3, 0.4) is 0 Å². The van der Waals surface area contributed by atoms with Crippen LogP contribution >= 0.6 is 0 Å². The van der Waals surface area contributed by atoms with E-state index in [1.165, 1.54) is 4.90 Å². The highest BCUT2D eigenvalue weighted by Gasteiger charge is 2.41. The fraction of sp³-hybridized carbons (Fsp3) is 0.273. The number of benzene rings is 2. The highest BCUT2D eigenvalue weighted by molar-refractivity contribution is 6.21. The van der Waals surface area contributed by atoms with Crippen LogP contribution in [0, 0.1) is 5.92 Å². The Kier molecular flexibility index (Phi) is 4.88. The standard InChI is InChI=1S/C22H20N2O5/c25-19(10-11-24-20(26)15-8-4-5-9-16(15)21(24)27)23-12-17(18(13-23)22(28)29)14-6-2-1-3-7-14/h1-9,17-18H,10-13H2,(H,28,29)/t17-,18-/m1/s1. The fourth-order valence-corrected chi connectivity index (χ4v) is 4.10. The summed E-state index contributed by atoms with van der Waals surface area (Å²) in [4.78, 5) is 51.9. The zero-order valence-corrected chi connectivity index (χ0v) is 15.7. The molecule has 148 valence electrons. The van der Waals surface area contributed by atoms with Crippen LogP contribution in [0.5, 0.6) is 0 Å². The number of carboxylic acid groups (broad SMARTS) is 1. The Bertz CT molecular complexity index is 953. The van der Waals surface area contributed by atoms with E-state index in [2.05, 4.69) is 0 Å². The highest BCUT2D eigenvalue weighted by atomic mass is 16.4. The molecule has 29 heavy (non-hydrogen) atoms. The van der Waals surface area contributed by atoms with Gasteiger partial charge in [-0.2, -0.15) is 0 Å². The number of likely N-dealkylation sites (tertiary alicyclic amines) is 1. The maximum atomic E-state index is 12.7. The van der Waals surface area contributed by atoms with Gasteiger partial charge in [-0.3, -0.25) is 24.1 Å². The monoisotopic (exact) mass is 392 g/mol. The molecule has 1 N–H and O–H groups in total. The van der Waals surface area contributed by atoms with Gasteiger partial charge in [0, 0.05) is 32.0 Å². The molecule has 2 aromatic carbocycles. The van der Waals surface area contributed by atoms with Crippen molar-refractivity contribution in [1.82, 2.24) is 9.80 Å². The fourth-order valence-electron chi connectivity index (χ4n) is 4.10. The molecule has 4 rings (SSSR count). The minimum absolute atomic E-state index is 0.0184. The summed E-state index contributed by atoms with van der Waals surface area (Å²) < 4.78 is 0. The number of hydrogen-bond acceptors (Lipinski definition) is 4. The molecular formula is C22H20N2O5. The second-order valence-electron chi connectivity index (χ2n) is 7.32. The average molecular weight is 392 g/mol. The largest absolute Gasteiger partial charge is 0.481 e. The van der Waals surface area contributed by atoms with Gasteiger partial charge in [-0.25, -0.2) is 0 Å². The molecule has 2 aliphatic heterocycles. The Labute approximate surface area is 167 Å². The summed E-state index contributed by atoms with van der Waals surface area (Å²) in [6.07, 6.45) is -0.0285. The van der Waals surface area contributed by atoms with Crippen molar-refractivity contribution in [3.63, 3.8) is 0 Å². The van der Waals surface area contributed by atoms with Gasteiger partial charge in [0.2, 0.25) is 5.91 Å². The van der Waals surface area contributed by atoms with Crippen molar-refractivity contribution in [2.75, 3.05) is 19.6 Å². The van der Waals surface area contributed by atoms with Crippen molar-refractivity contribution in [3.05, 3.63) is 71.3 Å². The molecule has 0 unspecified atom stereocenters. The quantitative estimate of drug-likeness (QED) is 0.786. The van der Waals surface area contributed by atoms with Crippen molar-refractivity contribution in [2.45, 2.75) is 12.3 Å². The maximum absolute atomic E-state index is 12.7. The van der Waals surface area contributed by atoms with Crippen molar-refractivity contribution in [3.8, 4) is 0 Å². The molecule has 2 heterocycles. The van der Waals surface area contributed by atoms with Crippen LogP contribution in [-0.4, -0.2) is 58.2 Å². The van der Waals surface area contributed by atoms with Crippen LogP contribution in [0.4, 0.5) is 0 Å². The summed E-state index contributed by atoms with van der Waals surface area (Å²) >= 11 is 0. The molecule has 0 spiro atoms. The lowest BCUT2D eigenvalue weighted by molar-refractivity contribution is -0.141. The molecule has 7 nitrogen and oxygen atoms in total. The Hall–Kier alpha value is -3.48. The first kappa shape index (κ1) is 18.9. The van der Waals surface area contributed by atoms with Crippen molar-refractivity contribution in [2.24, 2.45) is 5.92 Å². The number of nitrogens with zero attached hydrogens (tertiary/aromatic N) is 2. The molecule has 2 aliphatic rings. The van der Waals surface area contributed by atoms with Gasteiger partial charge < -0.3 is 10.0 Å². The molecule has 7 heteroatoms. The average Bonchev–Trinajstić information content (AvgIpc) is 3.29. The molecule has 2 aromatic rings. The number of carbonyl (C=O) groups is 4. The number of imide groups is 1. The first-order valence-electron chi connectivity index (χ1n) is 9.48. The van der Waals surface area contributed by atoms with Crippen LogP contribution in [-0.2, 0) is 9.59 Å². The predicted molar refractivity (Wildman–Crippen MR) is 103 cm³/mol. The summed E-state index contributed by atoms with van der Waals surface area (Å²) in [5.41, 5.74) is 1.58. The normalized spacial score (nSPS) is 20.8. The van der Waals surface area contributed by atoms with Gasteiger partial charge in [-0.15, -0.1) is 0 Å². The van der Waals surface area contributed by atoms with Crippen molar-refractivity contribution in [1.29, 1.82) is 0 Å². The van der Waals surface area contributed by atoms with E-state index in [-0.39, 0.29) is 31.3 Å². The molecule has 1 saturated heterocycles. The van der Waals surface area contributed by atoms with Gasteiger partial charge in [0.1, 0.15) is 0 Å². The number of amides is 3. The van der Waals surface area contributed by atoms with E-state index in [0.717, 1.165) is 10.5 Å². The molecule has 0 aliphatic carbocycles. The summed E-state index contributed by atoms with van der Waals surface area (Å²) in [7, 11) is 0. The van der Waals surface area contributed by atoms with Crippen LogP contribution in [0.1, 0.15) is 38.6 Å². The Morgan fingerprint density at radius 3 is 2.07 bits per heavy atom. The number of fused-ring (bicyclic) bond motifs is 1. The summed E-state index contributed by atoms with van der Waals surface area (Å²) in [6.45, 7) is 0.410. The smallest absolute Gasteiger partial charge is 0.308 e. The lowest BCUT2D eigenvalue weighted by atomic mass is 9.89. The number of carbonyl (C=O) groups excluding carboxylic acids is 3. The number of rotatable bonds is 5. The van der Waals surface area contributed by atoms with E-state index < -0.39 is 23.7 Å². The minimum Gasteiger partial charge on any atom is -0.481 e. The van der Waals surface area contributed by atoms with Gasteiger partial charge in [0.15, 0.2) is 0 Å². The van der Waals surface area contributed by atoms with Crippen LogP contribution in [0.15, 0.2) is 54.6 Å². The molecule has 3 amide bonds. The molecule has 1 fully saturated rings. The zero-order valence-electron chi connectivity index (χ0n) is 15.7. The van der Waals surface area contributed by atoms with Gasteiger partial charge >= 0.3 is 5.97 Å². The van der Waals surface area contributed by atoms with Crippen molar-refractivity contribution < 1.29 is 24.3 Å². The molecular weight excluding hydrogens is 372 g/mol. The third-order valence-electron chi connectivity index (χ3n) is 5.64. The topological polar surface area (TPSA) is 95.0 Å². The van der Waals surface area contributed by atoms with E-state index in [0.29, 0.717) is 17.7 Å². The third kappa shape index (κ3) is 3.40. The Morgan fingerprint density at radius 1 is 0.897 bits per heavy atom. The van der Waals surface area contributed by atoms with Gasteiger partial charge in [0.25, 0.3) is 11.8 Å². The summed E-state index contributed by atoms with van der Waals surface area (Å²) in [6, 6.07) is 15.9. The molecule has 0 radical (unpaired) electrons. The molecule has 0 bridgehead atoms. The van der Waals surface area contributed by atoms with Crippen LogP contribution in [0.2, 0.25) is 0 Å². The van der Waals surface area contributed by atoms with E-state index in [4.69, 9.17) is 0 Å². The maximum Gasteiger partial charge on any atom is 0.308 e. The van der Waals surface area contributed by atoms with Crippen LogP contribution < -0.4 is 0 Å². The Balaban J connectivity index is 1.43. The molecule has 0 aromatic heterocycles. The van der Waals surface area contributed by atoms with E-state index in [1.54, 1.807) is 24.3 Å². The highest BCUT2D eigenvalue weighted by Crippen LogP contribution is 2.33. The predicted octanol–water partition coefficient (Wildman–Crippen LogP) is 2.00. The minimum atomic E-state index is -0.936. The molecule has 2 atom stereocenters. The van der Waals surface area contributed by atoms with Crippen LogP contribution in [0.25, 0.3) is 0 Å². The first-order valence-corrected chi connectivity index (χ1v) is 9.48. The van der Waals surface area contributed by atoms with E-state index in [1.807, 2.05) is 30.3 Å². The van der Waals surface area contributed by atoms with Gasteiger partial charge in [0.05, 0.1) is 17.0 Å². The summed E-state index contributed by atoms with van der Waals surface area (Å²) in [5.74, 6) is -2.95. The van der Waals surface area contributed by atoms with E-state index in [9.17, 15) is 24.3 Å². The Morgan fingerprint density at radius 2 is 1.48 bits per heavy atom. The lowest BCUT2D eigenvalue weighted by Crippen LogP contribution is -2.36. The van der Waals surface area contributed by atoms with Gasteiger partial charge in [-0.05, 0) is 17.7 Å². The van der Waals surface area contributed by atoms with Crippen molar-refractivity contribution >= 4 is 23.7 Å². The number of hydrogen-bond donors (Lipinski definition) is 1.